The SMILES string of the molecule is CC(C)C(C)SCc1cccc([N+](=O)[O-])c1Br. The van der Waals surface area contributed by atoms with E-state index in [2.05, 4.69) is 36.7 Å². The van der Waals surface area contributed by atoms with E-state index in [1.807, 2.05) is 17.8 Å². The number of thioether (sulfide) groups is 1. The van der Waals surface area contributed by atoms with E-state index in [1.165, 1.54) is 6.07 Å². The number of nitro benzene ring substituents is 1. The van der Waals surface area contributed by atoms with Crippen molar-refractivity contribution in [1.29, 1.82) is 0 Å². The molecule has 0 spiro atoms. The molecular formula is C12H16BrNO2S. The van der Waals surface area contributed by atoms with E-state index in [9.17, 15) is 10.1 Å². The highest BCUT2D eigenvalue weighted by Gasteiger charge is 2.16. The zero-order valence-corrected chi connectivity index (χ0v) is 12.5. The molecule has 0 saturated heterocycles. The van der Waals surface area contributed by atoms with Crippen molar-refractivity contribution in [2.45, 2.75) is 31.8 Å². The Morgan fingerprint density at radius 3 is 2.59 bits per heavy atom. The van der Waals surface area contributed by atoms with E-state index >= 15 is 0 Å². The normalized spacial score (nSPS) is 12.8. The molecule has 0 heterocycles. The van der Waals surface area contributed by atoms with E-state index in [-0.39, 0.29) is 10.6 Å². The Bertz CT molecular complexity index is 409. The lowest BCUT2D eigenvalue weighted by atomic mass is 10.2. The molecule has 0 aromatic heterocycles. The fourth-order valence-corrected chi connectivity index (χ4v) is 3.04. The third kappa shape index (κ3) is 4.00. The highest BCUT2D eigenvalue weighted by molar-refractivity contribution is 9.10. The maximum Gasteiger partial charge on any atom is 0.283 e. The number of nitrogens with zero attached hydrogens (tertiary/aromatic N) is 1. The number of benzene rings is 1. The van der Waals surface area contributed by atoms with E-state index in [0.717, 1.165) is 11.3 Å². The molecule has 0 aliphatic heterocycles. The third-order valence-electron chi connectivity index (χ3n) is 2.70. The summed E-state index contributed by atoms with van der Waals surface area (Å²) in [7, 11) is 0. The fraction of sp³-hybridized carbons (Fsp3) is 0.500. The first-order valence-corrected chi connectivity index (χ1v) is 7.31. The van der Waals surface area contributed by atoms with E-state index < -0.39 is 0 Å². The van der Waals surface area contributed by atoms with Gasteiger partial charge < -0.3 is 0 Å². The number of rotatable bonds is 5. The Balaban J connectivity index is 2.79. The molecule has 1 unspecified atom stereocenters. The summed E-state index contributed by atoms with van der Waals surface area (Å²) in [6, 6.07) is 5.18. The van der Waals surface area contributed by atoms with Crippen molar-refractivity contribution >= 4 is 33.4 Å². The molecule has 0 aliphatic carbocycles. The van der Waals surface area contributed by atoms with Crippen LogP contribution in [-0.4, -0.2) is 10.2 Å². The topological polar surface area (TPSA) is 43.1 Å². The van der Waals surface area contributed by atoms with Gasteiger partial charge in [-0.1, -0.05) is 32.9 Å². The van der Waals surface area contributed by atoms with Crippen LogP contribution in [0.1, 0.15) is 26.3 Å². The van der Waals surface area contributed by atoms with Gasteiger partial charge in [-0.05, 0) is 27.4 Å². The molecule has 0 aliphatic rings. The number of hydrogen-bond acceptors (Lipinski definition) is 3. The predicted octanol–water partition coefficient (Wildman–Crippen LogP) is 4.64. The fourth-order valence-electron chi connectivity index (χ4n) is 1.23. The van der Waals surface area contributed by atoms with E-state index in [0.29, 0.717) is 15.6 Å². The van der Waals surface area contributed by atoms with E-state index in [4.69, 9.17) is 0 Å². The summed E-state index contributed by atoms with van der Waals surface area (Å²) in [5.41, 5.74) is 1.12. The van der Waals surface area contributed by atoms with Crippen LogP contribution < -0.4 is 0 Å². The van der Waals surface area contributed by atoms with Crippen molar-refractivity contribution in [3.8, 4) is 0 Å². The molecule has 0 fully saturated rings. The third-order valence-corrected chi connectivity index (χ3v) is 5.16. The minimum Gasteiger partial charge on any atom is -0.258 e. The van der Waals surface area contributed by atoms with Gasteiger partial charge in [0.05, 0.1) is 9.40 Å². The van der Waals surface area contributed by atoms with Crippen LogP contribution in [0.2, 0.25) is 0 Å². The van der Waals surface area contributed by atoms with Crippen LogP contribution in [0, 0.1) is 16.0 Å². The Hall–Kier alpha value is -0.550. The lowest BCUT2D eigenvalue weighted by molar-refractivity contribution is -0.385. The average molecular weight is 318 g/mol. The van der Waals surface area contributed by atoms with Gasteiger partial charge >= 0.3 is 0 Å². The highest BCUT2D eigenvalue weighted by Crippen LogP contribution is 2.32. The molecule has 0 amide bonds. The molecule has 1 atom stereocenters. The predicted molar refractivity (Wildman–Crippen MR) is 76.4 cm³/mol. The monoisotopic (exact) mass is 317 g/mol. The first-order chi connectivity index (χ1) is 7.93. The van der Waals surface area contributed by atoms with Crippen molar-refractivity contribution in [1.82, 2.24) is 0 Å². The lowest BCUT2D eigenvalue weighted by Gasteiger charge is -2.15. The summed E-state index contributed by atoms with van der Waals surface area (Å²) in [5, 5.41) is 11.3. The average Bonchev–Trinajstić information content (AvgIpc) is 2.26. The quantitative estimate of drug-likeness (QED) is 0.587. The maximum absolute atomic E-state index is 10.8. The van der Waals surface area contributed by atoms with Gasteiger partial charge in [-0.25, -0.2) is 0 Å². The second kappa shape index (κ2) is 6.40. The number of nitro groups is 1. The second-order valence-corrected chi connectivity index (χ2v) is 6.43. The lowest BCUT2D eigenvalue weighted by Crippen LogP contribution is -2.06. The Morgan fingerprint density at radius 1 is 1.41 bits per heavy atom. The molecule has 94 valence electrons. The summed E-state index contributed by atoms with van der Waals surface area (Å²) in [5.74, 6) is 1.40. The summed E-state index contributed by atoms with van der Waals surface area (Å²) < 4.78 is 0.605. The molecule has 1 rings (SSSR count). The smallest absolute Gasteiger partial charge is 0.258 e. The first-order valence-electron chi connectivity index (χ1n) is 5.47. The first kappa shape index (κ1) is 14.5. The molecule has 5 heteroatoms. The van der Waals surface area contributed by atoms with Crippen LogP contribution in [0.4, 0.5) is 5.69 Å². The number of hydrogen-bond donors (Lipinski definition) is 0. The molecule has 0 saturated carbocycles. The van der Waals surface area contributed by atoms with Gasteiger partial charge in [0.15, 0.2) is 0 Å². The van der Waals surface area contributed by atoms with Crippen LogP contribution in [0.5, 0.6) is 0 Å². The van der Waals surface area contributed by atoms with Crippen LogP contribution in [0.25, 0.3) is 0 Å². The highest BCUT2D eigenvalue weighted by atomic mass is 79.9. The molecule has 3 nitrogen and oxygen atoms in total. The zero-order chi connectivity index (χ0) is 13.0. The van der Waals surface area contributed by atoms with Gasteiger partial charge in [-0.3, -0.25) is 10.1 Å². The summed E-state index contributed by atoms with van der Waals surface area (Å²) in [6.45, 7) is 6.54. The Morgan fingerprint density at radius 2 is 2.06 bits per heavy atom. The van der Waals surface area contributed by atoms with Gasteiger partial charge in [0.2, 0.25) is 0 Å². The van der Waals surface area contributed by atoms with Crippen molar-refractivity contribution in [2.75, 3.05) is 0 Å². The minimum absolute atomic E-state index is 0.139. The van der Waals surface area contributed by atoms with Crippen molar-refractivity contribution < 1.29 is 4.92 Å². The van der Waals surface area contributed by atoms with Gasteiger partial charge in [-0.15, -0.1) is 0 Å². The van der Waals surface area contributed by atoms with Gasteiger partial charge in [0, 0.05) is 17.1 Å². The summed E-state index contributed by atoms with van der Waals surface area (Å²) in [6.07, 6.45) is 0. The zero-order valence-electron chi connectivity index (χ0n) is 10.1. The molecule has 1 aromatic rings. The Labute approximate surface area is 114 Å². The molecule has 17 heavy (non-hydrogen) atoms. The molecular weight excluding hydrogens is 302 g/mol. The van der Waals surface area contributed by atoms with Crippen molar-refractivity contribution in [3.05, 3.63) is 38.3 Å². The van der Waals surface area contributed by atoms with E-state index in [1.54, 1.807) is 6.07 Å². The maximum atomic E-state index is 10.8. The minimum atomic E-state index is -0.357. The van der Waals surface area contributed by atoms with Crippen LogP contribution >= 0.6 is 27.7 Å². The Kier molecular flexibility index (Phi) is 5.46. The van der Waals surface area contributed by atoms with Gasteiger partial charge in [0.1, 0.15) is 0 Å². The van der Waals surface area contributed by atoms with Crippen molar-refractivity contribution in [2.24, 2.45) is 5.92 Å². The van der Waals surface area contributed by atoms with Crippen LogP contribution in [-0.2, 0) is 5.75 Å². The molecule has 0 bridgehead atoms. The van der Waals surface area contributed by atoms with Crippen molar-refractivity contribution in [3.63, 3.8) is 0 Å². The molecule has 1 aromatic carbocycles. The standard InChI is InChI=1S/C12H16BrNO2S/c1-8(2)9(3)17-7-10-5-4-6-11(12(10)13)14(15)16/h4-6,8-9H,7H2,1-3H3. The van der Waals surface area contributed by atoms with Gasteiger partial charge in [0.25, 0.3) is 5.69 Å². The summed E-state index contributed by atoms with van der Waals surface area (Å²) in [4.78, 5) is 10.4. The van der Waals surface area contributed by atoms with Crippen LogP contribution in [0.3, 0.4) is 0 Å². The van der Waals surface area contributed by atoms with Gasteiger partial charge in [-0.2, -0.15) is 11.8 Å². The number of halogens is 1. The molecule has 0 radical (unpaired) electrons. The summed E-state index contributed by atoms with van der Waals surface area (Å²) >= 11 is 5.13. The largest absolute Gasteiger partial charge is 0.283 e. The van der Waals surface area contributed by atoms with Crippen LogP contribution in [0.15, 0.2) is 22.7 Å². The molecule has 0 N–H and O–H groups in total. The second-order valence-electron chi connectivity index (χ2n) is 4.27.